The number of aromatic nitrogens is 1. The Labute approximate surface area is 161 Å². The van der Waals surface area contributed by atoms with E-state index in [9.17, 15) is 4.79 Å². The number of hydrogen-bond donors (Lipinski definition) is 0. The largest absolute Gasteiger partial charge is 0.497 e. The van der Waals surface area contributed by atoms with Gasteiger partial charge in [0, 0.05) is 39.3 Å². The zero-order chi connectivity index (χ0) is 14.0. The van der Waals surface area contributed by atoms with Crippen LogP contribution in [0.5, 0.6) is 5.75 Å². The van der Waals surface area contributed by atoms with E-state index >= 15 is 0 Å². The molecule has 2 aromatic rings. The predicted molar refractivity (Wildman–Crippen MR) is 84.9 cm³/mol. The van der Waals surface area contributed by atoms with Gasteiger partial charge >= 0.3 is 0 Å². The second kappa shape index (κ2) is 7.92. The minimum absolute atomic E-state index is 0. The van der Waals surface area contributed by atoms with Crippen molar-refractivity contribution in [3.05, 3.63) is 49.3 Å². The van der Waals surface area contributed by atoms with Crippen molar-refractivity contribution in [2.45, 2.75) is 13.5 Å². The van der Waals surface area contributed by atoms with Gasteiger partial charge in [-0.25, -0.2) is 0 Å². The number of ether oxygens (including phenoxy) is 1. The first-order valence-corrected chi connectivity index (χ1v) is 7.19. The van der Waals surface area contributed by atoms with Crippen molar-refractivity contribution in [2.24, 2.45) is 0 Å². The third kappa shape index (κ3) is 3.64. The third-order valence-corrected chi connectivity index (χ3v) is 3.89. The van der Waals surface area contributed by atoms with Crippen LogP contribution in [0, 0.1) is 9.64 Å². The van der Waals surface area contributed by atoms with Crippen molar-refractivity contribution in [2.75, 3.05) is 7.11 Å². The molecule has 103 valence electrons. The molecule has 0 aliphatic rings. The first kappa shape index (κ1) is 18.1. The molecule has 20 heavy (non-hydrogen) atoms. The van der Waals surface area contributed by atoms with Gasteiger partial charge in [-0.2, -0.15) is 12.1 Å². The van der Waals surface area contributed by atoms with Gasteiger partial charge in [0.25, 0.3) is 0 Å². The molecule has 0 saturated heterocycles. The second-order valence-corrected chi connectivity index (χ2v) is 5.45. The number of benzene rings is 1. The maximum Gasteiger partial charge on any atom is 0.207 e. The van der Waals surface area contributed by atoms with E-state index in [2.05, 4.69) is 6.07 Å². The molecule has 0 aliphatic heterocycles. The molecule has 6 heteroatoms. The molecule has 0 amide bonds. The molecule has 0 unspecified atom stereocenters. The molecule has 0 saturated carbocycles. The summed E-state index contributed by atoms with van der Waals surface area (Å²) >= 11 is 8.26. The van der Waals surface area contributed by atoms with Crippen LogP contribution in [0.4, 0.5) is 0 Å². The Hall–Kier alpha value is 0.0939. The summed E-state index contributed by atoms with van der Waals surface area (Å²) in [6.45, 7) is 2.50. The molecule has 1 aromatic carbocycles. The van der Waals surface area contributed by atoms with Crippen LogP contribution in [-0.2, 0) is 39.3 Å². The molecule has 0 fully saturated rings. The van der Waals surface area contributed by atoms with E-state index in [-0.39, 0.29) is 38.3 Å². The van der Waals surface area contributed by atoms with E-state index in [0.717, 1.165) is 5.56 Å². The molecule has 1 aromatic heterocycles. The fourth-order valence-electron chi connectivity index (χ4n) is 1.84. The molecule has 0 spiro atoms. The Bertz CT molecular complexity index is 673. The maximum absolute atomic E-state index is 12.1. The molecule has 0 bridgehead atoms. The van der Waals surface area contributed by atoms with Crippen LogP contribution >= 0.6 is 34.2 Å². The van der Waals surface area contributed by atoms with Crippen molar-refractivity contribution in [1.29, 1.82) is 0 Å². The average molecular weight is 478 g/mol. The van der Waals surface area contributed by atoms with Gasteiger partial charge in [-0.05, 0) is 27.6 Å². The van der Waals surface area contributed by atoms with Crippen molar-refractivity contribution < 1.29 is 37.4 Å². The van der Waals surface area contributed by atoms with Crippen LogP contribution in [-0.4, -0.2) is 11.7 Å². The van der Waals surface area contributed by atoms with Gasteiger partial charge in [0.15, 0.2) is 0 Å². The Morgan fingerprint density at radius 3 is 2.70 bits per heavy atom. The molecule has 3 nitrogen and oxygen atoms in total. The summed E-state index contributed by atoms with van der Waals surface area (Å²) in [5, 5.41) is 0.540. The standard InChI is InChI=1S/C14H12ClINO2.Y/c1-3-17-13(7-6-12(16)14(17)18)10-5-4-9(19-2)8-11(10)15;/h4-6,8H,3H2,1-2H3;/q-1;. The van der Waals surface area contributed by atoms with Crippen molar-refractivity contribution in [3.8, 4) is 17.0 Å². The van der Waals surface area contributed by atoms with Gasteiger partial charge in [0.05, 0.1) is 7.11 Å². The van der Waals surface area contributed by atoms with Gasteiger partial charge in [-0.1, -0.05) is 22.9 Å². The van der Waals surface area contributed by atoms with Crippen LogP contribution in [0.25, 0.3) is 11.3 Å². The normalized spacial score (nSPS) is 10.0. The van der Waals surface area contributed by atoms with Crippen LogP contribution < -0.4 is 10.3 Å². The Morgan fingerprint density at radius 2 is 2.15 bits per heavy atom. The van der Waals surface area contributed by atoms with Gasteiger partial charge in [-0.15, -0.1) is 28.7 Å². The molecule has 0 aliphatic carbocycles. The molecule has 0 N–H and O–H groups in total. The van der Waals surface area contributed by atoms with Crippen LogP contribution in [0.3, 0.4) is 0 Å². The van der Waals surface area contributed by atoms with E-state index in [4.69, 9.17) is 16.3 Å². The Balaban J connectivity index is 0.00000200. The SMILES string of the molecule is CCn1c(-c2ccc(OC)cc2Cl)[c-]cc(I)c1=O.[Y]. The van der Waals surface area contributed by atoms with E-state index < -0.39 is 0 Å². The monoisotopic (exact) mass is 477 g/mol. The van der Waals surface area contributed by atoms with Crippen molar-refractivity contribution in [3.63, 3.8) is 0 Å². The summed E-state index contributed by atoms with van der Waals surface area (Å²) < 4.78 is 7.43. The van der Waals surface area contributed by atoms with E-state index in [0.29, 0.717) is 26.6 Å². The average Bonchev–Trinajstić information content (AvgIpc) is 2.42. The fraction of sp³-hybridized carbons (Fsp3) is 0.214. The quantitative estimate of drug-likeness (QED) is 0.500. The Kier molecular flexibility index (Phi) is 7.19. The number of rotatable bonds is 3. The first-order chi connectivity index (χ1) is 9.08. The van der Waals surface area contributed by atoms with Gasteiger partial charge in [0.2, 0.25) is 5.56 Å². The summed E-state index contributed by atoms with van der Waals surface area (Å²) in [6.07, 6.45) is 0. The van der Waals surface area contributed by atoms with Crippen molar-refractivity contribution >= 4 is 34.2 Å². The summed E-state index contributed by atoms with van der Waals surface area (Å²) in [7, 11) is 1.59. The van der Waals surface area contributed by atoms with Crippen LogP contribution in [0.15, 0.2) is 29.1 Å². The zero-order valence-electron chi connectivity index (χ0n) is 11.1. The van der Waals surface area contributed by atoms with Crippen LogP contribution in [0.1, 0.15) is 6.92 Å². The molecule has 1 heterocycles. The number of halogens is 2. The second-order valence-electron chi connectivity index (χ2n) is 3.88. The first-order valence-electron chi connectivity index (χ1n) is 5.73. The number of nitrogens with zero attached hydrogens (tertiary/aromatic N) is 1. The molecule has 1 radical (unpaired) electrons. The molecule has 0 atom stereocenters. The summed E-state index contributed by atoms with van der Waals surface area (Å²) in [4.78, 5) is 12.1. The van der Waals surface area contributed by atoms with E-state index in [1.54, 1.807) is 23.8 Å². The Morgan fingerprint density at radius 1 is 1.45 bits per heavy atom. The minimum atomic E-state index is -0.0243. The molecule has 2 rings (SSSR count). The van der Waals surface area contributed by atoms with E-state index in [1.807, 2.05) is 41.6 Å². The van der Waals surface area contributed by atoms with Crippen molar-refractivity contribution in [1.82, 2.24) is 4.57 Å². The summed E-state index contributed by atoms with van der Waals surface area (Å²) in [6, 6.07) is 10.2. The van der Waals surface area contributed by atoms with Gasteiger partial charge in [0.1, 0.15) is 5.75 Å². The van der Waals surface area contributed by atoms with E-state index in [1.165, 1.54) is 0 Å². The number of hydrogen-bond acceptors (Lipinski definition) is 2. The number of methoxy groups -OCH3 is 1. The van der Waals surface area contributed by atoms with Gasteiger partial charge in [-0.3, -0.25) is 4.79 Å². The predicted octanol–water partition coefficient (Wildman–Crippen LogP) is 3.60. The number of pyridine rings is 1. The smallest absolute Gasteiger partial charge is 0.207 e. The third-order valence-electron chi connectivity index (χ3n) is 2.80. The van der Waals surface area contributed by atoms with Gasteiger partial charge < -0.3 is 9.30 Å². The summed E-state index contributed by atoms with van der Waals surface area (Å²) in [5.41, 5.74) is 1.45. The topological polar surface area (TPSA) is 31.2 Å². The van der Waals surface area contributed by atoms with Crippen LogP contribution in [0.2, 0.25) is 5.02 Å². The molecular formula is C14H12ClINO2Y-. The zero-order valence-corrected chi connectivity index (χ0v) is 16.9. The fourth-order valence-corrected chi connectivity index (χ4v) is 2.55. The minimum Gasteiger partial charge on any atom is -0.497 e. The molecular weight excluding hydrogens is 465 g/mol. The maximum atomic E-state index is 12.1. The summed E-state index contributed by atoms with van der Waals surface area (Å²) in [5.74, 6) is 0.685.